The number of benzene rings is 1. The van der Waals surface area contributed by atoms with Gasteiger partial charge in [-0.3, -0.25) is 4.79 Å². The molecule has 0 fully saturated rings. The Balaban J connectivity index is 2.39. The van der Waals surface area contributed by atoms with E-state index in [2.05, 4.69) is 5.32 Å². The van der Waals surface area contributed by atoms with Crippen LogP contribution in [0.4, 0.5) is 5.69 Å². The number of amides is 1. The van der Waals surface area contributed by atoms with Crippen LogP contribution in [0.1, 0.15) is 13.8 Å². The molecule has 1 unspecified atom stereocenters. The van der Waals surface area contributed by atoms with E-state index in [0.717, 1.165) is 11.4 Å². The minimum absolute atomic E-state index is 0.0653. The fourth-order valence-electron chi connectivity index (χ4n) is 1.27. The van der Waals surface area contributed by atoms with Crippen LogP contribution in [0.5, 0.6) is 5.75 Å². The zero-order valence-electron chi connectivity index (χ0n) is 10.7. The summed E-state index contributed by atoms with van der Waals surface area (Å²) in [6, 6.07) is 7.26. The van der Waals surface area contributed by atoms with E-state index in [0.29, 0.717) is 12.4 Å². The Bertz CT molecular complexity index is 367. The van der Waals surface area contributed by atoms with Crippen LogP contribution < -0.4 is 10.1 Å². The average Bonchev–Trinajstić information content (AvgIpc) is 2.38. The number of aliphatic hydroxyl groups is 1. The molecule has 0 saturated heterocycles. The molecule has 1 amide bonds. The summed E-state index contributed by atoms with van der Waals surface area (Å²) in [5.41, 5.74) is 0.751. The normalized spacial score (nSPS) is 11.9. The van der Waals surface area contributed by atoms with Crippen LogP contribution in [-0.2, 0) is 4.79 Å². The van der Waals surface area contributed by atoms with Gasteiger partial charge in [-0.1, -0.05) is 6.92 Å². The van der Waals surface area contributed by atoms with Crippen molar-refractivity contribution in [2.24, 2.45) is 0 Å². The highest BCUT2D eigenvalue weighted by molar-refractivity contribution is 8.00. The Kier molecular flexibility index (Phi) is 6.60. The lowest BCUT2D eigenvalue weighted by atomic mass is 10.3. The van der Waals surface area contributed by atoms with Gasteiger partial charge in [0.25, 0.3) is 0 Å². The molecule has 2 N–H and O–H groups in total. The van der Waals surface area contributed by atoms with Crippen molar-refractivity contribution in [2.45, 2.75) is 19.1 Å². The number of hydrogen-bond donors (Lipinski definition) is 2. The molecule has 0 aromatic heterocycles. The molecule has 4 nitrogen and oxygen atoms in total. The van der Waals surface area contributed by atoms with Crippen molar-refractivity contribution in [3.05, 3.63) is 24.3 Å². The first-order valence-electron chi connectivity index (χ1n) is 5.91. The highest BCUT2D eigenvalue weighted by atomic mass is 32.2. The molecule has 1 atom stereocenters. The summed E-state index contributed by atoms with van der Waals surface area (Å²) in [5.74, 6) is 1.07. The van der Waals surface area contributed by atoms with Crippen LogP contribution in [0.2, 0.25) is 0 Å². The van der Waals surface area contributed by atoms with Crippen LogP contribution in [0.15, 0.2) is 24.3 Å². The maximum atomic E-state index is 11.6. The van der Waals surface area contributed by atoms with E-state index < -0.39 is 0 Å². The maximum Gasteiger partial charge on any atom is 0.234 e. The van der Waals surface area contributed by atoms with Gasteiger partial charge in [0.15, 0.2) is 0 Å². The molecule has 0 saturated carbocycles. The monoisotopic (exact) mass is 269 g/mol. The van der Waals surface area contributed by atoms with E-state index in [-0.39, 0.29) is 17.8 Å². The lowest BCUT2D eigenvalue weighted by Gasteiger charge is -2.09. The Hall–Kier alpha value is -1.20. The number of ether oxygens (including phenoxy) is 1. The number of rotatable bonds is 7. The molecule has 1 aromatic carbocycles. The SMILES string of the molecule is CCOc1ccc(NC(=O)CSC(C)CO)cc1. The molecule has 0 aliphatic rings. The van der Waals surface area contributed by atoms with Crippen molar-refractivity contribution in [3.63, 3.8) is 0 Å². The third kappa shape index (κ3) is 5.42. The van der Waals surface area contributed by atoms with Crippen molar-refractivity contribution in [1.29, 1.82) is 0 Å². The van der Waals surface area contributed by atoms with E-state index in [9.17, 15) is 4.79 Å². The van der Waals surface area contributed by atoms with Crippen molar-refractivity contribution in [1.82, 2.24) is 0 Å². The second kappa shape index (κ2) is 8.00. The second-order valence-electron chi connectivity index (χ2n) is 3.81. The molecule has 1 aromatic rings. The van der Waals surface area contributed by atoms with E-state index in [1.54, 1.807) is 0 Å². The molecule has 5 heteroatoms. The summed E-state index contributed by atoms with van der Waals surface area (Å²) in [6.45, 7) is 4.52. The molecule has 0 aliphatic carbocycles. The summed E-state index contributed by atoms with van der Waals surface area (Å²) in [7, 11) is 0. The molecule has 0 heterocycles. The van der Waals surface area contributed by atoms with Gasteiger partial charge >= 0.3 is 0 Å². The Labute approximate surface area is 112 Å². The molecule has 0 spiro atoms. The summed E-state index contributed by atoms with van der Waals surface area (Å²) < 4.78 is 5.31. The summed E-state index contributed by atoms with van der Waals surface area (Å²) in [5, 5.41) is 11.7. The number of aliphatic hydroxyl groups excluding tert-OH is 1. The third-order valence-electron chi connectivity index (χ3n) is 2.21. The van der Waals surface area contributed by atoms with Crippen LogP contribution in [0.3, 0.4) is 0 Å². The Morgan fingerprint density at radius 3 is 2.67 bits per heavy atom. The molecule has 0 bridgehead atoms. The highest BCUT2D eigenvalue weighted by Crippen LogP contribution is 2.16. The minimum Gasteiger partial charge on any atom is -0.494 e. The van der Waals surface area contributed by atoms with Crippen molar-refractivity contribution >= 4 is 23.4 Å². The van der Waals surface area contributed by atoms with Crippen LogP contribution >= 0.6 is 11.8 Å². The zero-order chi connectivity index (χ0) is 13.4. The van der Waals surface area contributed by atoms with Gasteiger partial charge in [0.2, 0.25) is 5.91 Å². The molecule has 1 rings (SSSR count). The van der Waals surface area contributed by atoms with Crippen LogP contribution in [-0.4, -0.2) is 35.2 Å². The fourth-order valence-corrected chi connectivity index (χ4v) is 1.88. The number of carbonyl (C=O) groups excluding carboxylic acids is 1. The van der Waals surface area contributed by atoms with E-state index in [1.807, 2.05) is 38.1 Å². The number of hydrogen-bond acceptors (Lipinski definition) is 4. The summed E-state index contributed by atoms with van der Waals surface area (Å²) >= 11 is 1.43. The lowest BCUT2D eigenvalue weighted by molar-refractivity contribution is -0.113. The highest BCUT2D eigenvalue weighted by Gasteiger charge is 2.06. The number of anilines is 1. The molecule has 0 radical (unpaired) electrons. The lowest BCUT2D eigenvalue weighted by Crippen LogP contribution is -2.16. The van der Waals surface area contributed by atoms with Gasteiger partial charge in [0, 0.05) is 10.9 Å². The zero-order valence-corrected chi connectivity index (χ0v) is 11.5. The topological polar surface area (TPSA) is 58.6 Å². The van der Waals surface area contributed by atoms with Crippen LogP contribution in [0.25, 0.3) is 0 Å². The molecule has 0 aliphatic heterocycles. The van der Waals surface area contributed by atoms with Gasteiger partial charge in [0.1, 0.15) is 5.75 Å². The smallest absolute Gasteiger partial charge is 0.234 e. The fraction of sp³-hybridized carbons (Fsp3) is 0.462. The van der Waals surface area contributed by atoms with Gasteiger partial charge in [-0.15, -0.1) is 11.8 Å². The first-order valence-corrected chi connectivity index (χ1v) is 6.95. The standard InChI is InChI=1S/C13H19NO3S/c1-3-17-12-6-4-11(5-7-12)14-13(16)9-18-10(2)8-15/h4-7,10,15H,3,8-9H2,1-2H3,(H,14,16). The number of nitrogens with one attached hydrogen (secondary N) is 1. The van der Waals surface area contributed by atoms with Crippen molar-refractivity contribution < 1.29 is 14.6 Å². The first kappa shape index (κ1) is 14.9. The van der Waals surface area contributed by atoms with Gasteiger partial charge < -0.3 is 15.2 Å². The largest absolute Gasteiger partial charge is 0.494 e. The van der Waals surface area contributed by atoms with Gasteiger partial charge in [-0.25, -0.2) is 0 Å². The van der Waals surface area contributed by atoms with E-state index in [1.165, 1.54) is 11.8 Å². The van der Waals surface area contributed by atoms with Crippen molar-refractivity contribution in [3.8, 4) is 5.75 Å². The number of carbonyl (C=O) groups is 1. The molecule has 100 valence electrons. The maximum absolute atomic E-state index is 11.6. The van der Waals surface area contributed by atoms with Crippen LogP contribution in [0, 0.1) is 0 Å². The van der Waals surface area contributed by atoms with E-state index >= 15 is 0 Å². The van der Waals surface area contributed by atoms with Gasteiger partial charge in [-0.05, 0) is 31.2 Å². The minimum atomic E-state index is -0.0653. The Morgan fingerprint density at radius 1 is 1.44 bits per heavy atom. The van der Waals surface area contributed by atoms with E-state index in [4.69, 9.17) is 9.84 Å². The quantitative estimate of drug-likeness (QED) is 0.796. The Morgan fingerprint density at radius 2 is 2.11 bits per heavy atom. The average molecular weight is 269 g/mol. The van der Waals surface area contributed by atoms with Crippen molar-refractivity contribution in [2.75, 3.05) is 24.3 Å². The second-order valence-corrected chi connectivity index (χ2v) is 5.24. The predicted octanol–water partition coefficient (Wildman–Crippen LogP) is 2.14. The third-order valence-corrected chi connectivity index (χ3v) is 3.35. The summed E-state index contributed by atoms with van der Waals surface area (Å²) in [6.07, 6.45) is 0. The summed E-state index contributed by atoms with van der Waals surface area (Å²) in [4.78, 5) is 11.6. The first-order chi connectivity index (χ1) is 8.65. The van der Waals surface area contributed by atoms with Gasteiger partial charge in [0.05, 0.1) is 19.0 Å². The molecular formula is C13H19NO3S. The number of thioether (sulfide) groups is 1. The predicted molar refractivity (Wildman–Crippen MR) is 75.2 cm³/mol. The molecular weight excluding hydrogens is 250 g/mol. The molecule has 18 heavy (non-hydrogen) atoms. The van der Waals surface area contributed by atoms with Gasteiger partial charge in [-0.2, -0.15) is 0 Å².